The molecule has 0 N–H and O–H groups in total. The van der Waals surface area contributed by atoms with Gasteiger partial charge in [-0.25, -0.2) is 0 Å². The molecule has 0 aromatic heterocycles. The fourth-order valence-electron chi connectivity index (χ4n) is 5.20. The first kappa shape index (κ1) is 21.1. The molecule has 1 unspecified atom stereocenters. The number of benzene rings is 1. The van der Waals surface area contributed by atoms with E-state index >= 15 is 0 Å². The summed E-state index contributed by atoms with van der Waals surface area (Å²) in [5.74, 6) is 0.973. The second-order valence-corrected chi connectivity index (χ2v) is 9.51. The maximum Gasteiger partial charge on any atom is 0.119 e. The molecule has 2 atom stereocenters. The Labute approximate surface area is 182 Å². The third-order valence-electron chi connectivity index (χ3n) is 6.91. The summed E-state index contributed by atoms with van der Waals surface area (Å²) >= 11 is 5.72. The van der Waals surface area contributed by atoms with Crippen molar-refractivity contribution in [2.24, 2.45) is 0 Å². The van der Waals surface area contributed by atoms with Crippen LogP contribution in [-0.2, 0) is 0 Å². The van der Waals surface area contributed by atoms with E-state index in [2.05, 4.69) is 45.9 Å². The summed E-state index contributed by atoms with van der Waals surface area (Å²) in [5, 5.41) is 0. The molecule has 0 amide bonds. The minimum Gasteiger partial charge on any atom is -0.494 e. The molecule has 3 aliphatic heterocycles. The second-order valence-electron chi connectivity index (χ2n) is 9.04. The molecule has 3 fully saturated rings. The largest absolute Gasteiger partial charge is 0.494 e. The molecule has 0 aliphatic carbocycles. The van der Waals surface area contributed by atoms with Crippen LogP contribution >= 0.6 is 12.2 Å². The standard InChI is InChI=1S/C24H37N3OS/c1-20-7-5-16-26(20)17-6-18-28-23-11-8-21(9-12-23)27-22(10-13-24(27)29)19-25-14-3-2-4-15-25/h8-9,11-12,20,22H,2-7,10,13-19H2,1H3/t20?,22-/m0/s1. The molecule has 3 aliphatic rings. The lowest BCUT2D eigenvalue weighted by Gasteiger charge is -2.33. The summed E-state index contributed by atoms with van der Waals surface area (Å²) in [6.07, 6.45) is 10.1. The zero-order chi connectivity index (χ0) is 20.1. The third-order valence-corrected chi connectivity index (χ3v) is 7.31. The topological polar surface area (TPSA) is 19.0 Å². The minimum absolute atomic E-state index is 0.523. The van der Waals surface area contributed by atoms with Crippen LogP contribution in [-0.4, -0.2) is 66.2 Å². The normalized spacial score (nSPS) is 26.4. The molecule has 160 valence electrons. The molecular weight excluding hydrogens is 378 g/mol. The van der Waals surface area contributed by atoms with Gasteiger partial charge in [-0.05, 0) is 89.3 Å². The fraction of sp³-hybridized carbons (Fsp3) is 0.708. The summed E-state index contributed by atoms with van der Waals surface area (Å²) < 4.78 is 6.01. The first-order valence-electron chi connectivity index (χ1n) is 11.7. The number of rotatable bonds is 8. The zero-order valence-corrected chi connectivity index (χ0v) is 18.8. The lowest BCUT2D eigenvalue weighted by molar-refractivity contribution is 0.217. The monoisotopic (exact) mass is 415 g/mol. The van der Waals surface area contributed by atoms with Gasteiger partial charge in [-0.3, -0.25) is 0 Å². The summed E-state index contributed by atoms with van der Waals surface area (Å²) in [6.45, 7) is 9.19. The van der Waals surface area contributed by atoms with Gasteiger partial charge < -0.3 is 19.4 Å². The number of ether oxygens (including phenoxy) is 1. The number of hydrogen-bond acceptors (Lipinski definition) is 4. The Morgan fingerprint density at radius 1 is 1.00 bits per heavy atom. The van der Waals surface area contributed by atoms with Gasteiger partial charge in [0.15, 0.2) is 0 Å². The smallest absolute Gasteiger partial charge is 0.119 e. The van der Waals surface area contributed by atoms with Crippen LogP contribution in [0.4, 0.5) is 5.69 Å². The quantitative estimate of drug-likeness (QED) is 0.450. The summed E-state index contributed by atoms with van der Waals surface area (Å²) in [7, 11) is 0. The van der Waals surface area contributed by atoms with Crippen LogP contribution in [0.15, 0.2) is 24.3 Å². The zero-order valence-electron chi connectivity index (χ0n) is 18.0. The van der Waals surface area contributed by atoms with Crippen LogP contribution in [0.5, 0.6) is 5.75 Å². The number of likely N-dealkylation sites (tertiary alicyclic amines) is 2. The number of hydrogen-bond donors (Lipinski definition) is 0. The van der Waals surface area contributed by atoms with E-state index in [-0.39, 0.29) is 0 Å². The second kappa shape index (κ2) is 10.2. The van der Waals surface area contributed by atoms with Crippen molar-refractivity contribution in [2.45, 2.75) is 70.4 Å². The number of anilines is 1. The Kier molecular flexibility index (Phi) is 7.44. The van der Waals surface area contributed by atoms with Crippen molar-refractivity contribution in [2.75, 3.05) is 44.2 Å². The highest BCUT2D eigenvalue weighted by molar-refractivity contribution is 7.80. The molecule has 3 heterocycles. The summed E-state index contributed by atoms with van der Waals surface area (Å²) in [4.78, 5) is 8.72. The maximum absolute atomic E-state index is 6.01. The molecule has 29 heavy (non-hydrogen) atoms. The van der Waals surface area contributed by atoms with Crippen LogP contribution in [0, 0.1) is 0 Å². The van der Waals surface area contributed by atoms with Crippen LogP contribution in [0.2, 0.25) is 0 Å². The first-order chi connectivity index (χ1) is 14.2. The van der Waals surface area contributed by atoms with Gasteiger partial charge in [-0.15, -0.1) is 0 Å². The van der Waals surface area contributed by atoms with E-state index in [1.165, 1.54) is 63.8 Å². The number of thiocarbonyl (C=S) groups is 1. The molecule has 0 saturated carbocycles. The highest BCUT2D eigenvalue weighted by Gasteiger charge is 2.31. The Morgan fingerprint density at radius 3 is 2.52 bits per heavy atom. The van der Waals surface area contributed by atoms with Gasteiger partial charge in [0.2, 0.25) is 0 Å². The Hall–Kier alpha value is -1.17. The fourth-order valence-corrected chi connectivity index (χ4v) is 5.57. The predicted octanol–water partition coefficient (Wildman–Crippen LogP) is 4.72. The van der Waals surface area contributed by atoms with E-state index < -0.39 is 0 Å². The molecule has 1 aromatic rings. The average molecular weight is 416 g/mol. The SMILES string of the molecule is CC1CCCN1CCCOc1ccc(N2C(=S)CC[C@H]2CN2CCCCC2)cc1. The van der Waals surface area contributed by atoms with E-state index in [9.17, 15) is 0 Å². The van der Waals surface area contributed by atoms with E-state index in [0.717, 1.165) is 49.3 Å². The van der Waals surface area contributed by atoms with Crippen molar-refractivity contribution < 1.29 is 4.74 Å². The number of nitrogens with zero attached hydrogens (tertiary/aromatic N) is 3. The van der Waals surface area contributed by atoms with Crippen molar-refractivity contribution in [3.63, 3.8) is 0 Å². The van der Waals surface area contributed by atoms with Crippen molar-refractivity contribution in [3.8, 4) is 5.75 Å². The van der Waals surface area contributed by atoms with E-state index in [1.807, 2.05) is 0 Å². The van der Waals surface area contributed by atoms with Crippen molar-refractivity contribution in [3.05, 3.63) is 24.3 Å². The molecule has 0 radical (unpaired) electrons. The highest BCUT2D eigenvalue weighted by atomic mass is 32.1. The first-order valence-corrected chi connectivity index (χ1v) is 12.1. The molecule has 3 saturated heterocycles. The Bertz CT molecular complexity index is 659. The van der Waals surface area contributed by atoms with Gasteiger partial charge in [0, 0.05) is 37.3 Å². The maximum atomic E-state index is 6.01. The van der Waals surface area contributed by atoms with Crippen molar-refractivity contribution >= 4 is 22.9 Å². The molecule has 4 nitrogen and oxygen atoms in total. The predicted molar refractivity (Wildman–Crippen MR) is 125 cm³/mol. The molecule has 4 rings (SSSR count). The van der Waals surface area contributed by atoms with Gasteiger partial charge in [-0.1, -0.05) is 18.6 Å². The summed E-state index contributed by atoms with van der Waals surface area (Å²) in [5.41, 5.74) is 1.23. The lowest BCUT2D eigenvalue weighted by atomic mass is 10.1. The molecule has 5 heteroatoms. The van der Waals surface area contributed by atoms with Gasteiger partial charge in [0.25, 0.3) is 0 Å². The van der Waals surface area contributed by atoms with Crippen LogP contribution in [0.1, 0.15) is 58.3 Å². The van der Waals surface area contributed by atoms with E-state index in [0.29, 0.717) is 6.04 Å². The van der Waals surface area contributed by atoms with Crippen molar-refractivity contribution in [1.29, 1.82) is 0 Å². The molecule has 0 bridgehead atoms. The average Bonchev–Trinajstić information content (AvgIpc) is 3.32. The molecule has 1 aromatic carbocycles. The van der Waals surface area contributed by atoms with Crippen LogP contribution in [0.25, 0.3) is 0 Å². The highest BCUT2D eigenvalue weighted by Crippen LogP contribution is 2.30. The minimum atomic E-state index is 0.523. The number of piperidine rings is 1. The Morgan fingerprint density at radius 2 is 1.79 bits per heavy atom. The molecular formula is C24H37N3OS. The van der Waals surface area contributed by atoms with Gasteiger partial charge >= 0.3 is 0 Å². The van der Waals surface area contributed by atoms with Crippen molar-refractivity contribution in [1.82, 2.24) is 9.80 Å². The van der Waals surface area contributed by atoms with Gasteiger partial charge in [0.1, 0.15) is 5.75 Å². The van der Waals surface area contributed by atoms with Crippen LogP contribution in [0.3, 0.4) is 0 Å². The van der Waals surface area contributed by atoms with E-state index in [4.69, 9.17) is 17.0 Å². The third kappa shape index (κ3) is 5.50. The lowest BCUT2D eigenvalue weighted by Crippen LogP contribution is -2.43. The molecule has 0 spiro atoms. The van der Waals surface area contributed by atoms with Gasteiger partial charge in [0.05, 0.1) is 11.6 Å². The Balaban J connectivity index is 1.27. The van der Waals surface area contributed by atoms with Crippen LogP contribution < -0.4 is 9.64 Å². The van der Waals surface area contributed by atoms with Gasteiger partial charge in [-0.2, -0.15) is 0 Å². The summed E-state index contributed by atoms with van der Waals surface area (Å²) in [6, 6.07) is 9.89. The van der Waals surface area contributed by atoms with E-state index in [1.54, 1.807) is 0 Å².